The Hall–Kier alpha value is -0.370. The molecule has 172 valence electrons. The van der Waals surface area contributed by atoms with Gasteiger partial charge in [0.1, 0.15) is 5.78 Å². The zero-order valence-electron chi connectivity index (χ0n) is 20.7. The van der Waals surface area contributed by atoms with Crippen LogP contribution in [0.5, 0.6) is 0 Å². The van der Waals surface area contributed by atoms with Crippen LogP contribution >= 0.6 is 0 Å². The Kier molecular flexibility index (Phi) is 6.00. The summed E-state index contributed by atoms with van der Waals surface area (Å²) in [5.41, 5.74) is 0.774. The summed E-state index contributed by atoms with van der Waals surface area (Å²) in [6.45, 7) is 13.9. The molecule has 0 aliphatic heterocycles. The van der Waals surface area contributed by atoms with Crippen molar-refractivity contribution in [1.82, 2.24) is 0 Å². The largest absolute Gasteiger partial charge is 0.393 e. The molecule has 4 aliphatic rings. The monoisotopic (exact) mass is 416 g/mol. The van der Waals surface area contributed by atoms with Crippen molar-refractivity contribution >= 4 is 5.78 Å². The lowest BCUT2D eigenvalue weighted by atomic mass is 9.44. The van der Waals surface area contributed by atoms with Crippen LogP contribution in [0.15, 0.2) is 0 Å². The Labute approximate surface area is 186 Å². The quantitative estimate of drug-likeness (QED) is 0.533. The van der Waals surface area contributed by atoms with E-state index in [0.717, 1.165) is 55.3 Å². The van der Waals surface area contributed by atoms with Crippen LogP contribution < -0.4 is 0 Å². The van der Waals surface area contributed by atoms with E-state index in [4.69, 9.17) is 0 Å². The van der Waals surface area contributed by atoms with Gasteiger partial charge in [-0.3, -0.25) is 4.79 Å². The number of carbonyl (C=O) groups is 1. The van der Waals surface area contributed by atoms with E-state index in [0.29, 0.717) is 22.5 Å². The second-order valence-corrected chi connectivity index (χ2v) is 13.5. The molecule has 4 saturated carbocycles. The predicted molar refractivity (Wildman–Crippen MR) is 124 cm³/mol. The number of aliphatic hydroxyl groups excluding tert-OH is 1. The fourth-order valence-corrected chi connectivity index (χ4v) is 9.15. The van der Waals surface area contributed by atoms with Crippen molar-refractivity contribution in [3.05, 3.63) is 0 Å². The van der Waals surface area contributed by atoms with Crippen LogP contribution in [0, 0.1) is 51.8 Å². The molecule has 0 aromatic rings. The Morgan fingerprint density at radius 2 is 1.63 bits per heavy atom. The first-order chi connectivity index (χ1) is 14.0. The van der Waals surface area contributed by atoms with Crippen molar-refractivity contribution in [2.45, 2.75) is 118 Å². The molecule has 30 heavy (non-hydrogen) atoms. The molecular formula is C28H48O2. The molecule has 0 spiro atoms. The summed E-state index contributed by atoms with van der Waals surface area (Å²) in [6.07, 6.45) is 13.5. The predicted octanol–water partition coefficient (Wildman–Crippen LogP) is 7.04. The van der Waals surface area contributed by atoms with E-state index in [2.05, 4.69) is 41.5 Å². The Bertz CT molecular complexity index is 648. The van der Waals surface area contributed by atoms with Gasteiger partial charge in [0.2, 0.25) is 0 Å². The van der Waals surface area contributed by atoms with E-state index in [1.54, 1.807) is 0 Å². The summed E-state index contributed by atoms with van der Waals surface area (Å²) in [5.74, 6) is 5.35. The second-order valence-electron chi connectivity index (χ2n) is 13.5. The molecule has 0 aromatic heterocycles. The highest BCUT2D eigenvalue weighted by molar-refractivity contribution is 5.83. The molecule has 1 N–H and O–H groups in total. The molecule has 0 bridgehead atoms. The maximum atomic E-state index is 12.5. The highest BCUT2D eigenvalue weighted by atomic mass is 16.3. The van der Waals surface area contributed by atoms with Crippen LogP contribution in [0.1, 0.15) is 112 Å². The van der Waals surface area contributed by atoms with Gasteiger partial charge >= 0.3 is 0 Å². The molecule has 0 amide bonds. The summed E-state index contributed by atoms with van der Waals surface area (Å²) >= 11 is 0. The number of hydrogen-bond donors (Lipinski definition) is 1. The number of Topliss-reactive ketones (excluding diaryl/α,β-unsaturated/α-hetero) is 1. The summed E-state index contributed by atoms with van der Waals surface area (Å²) in [6, 6.07) is 0. The first-order valence-corrected chi connectivity index (χ1v) is 13.2. The molecule has 0 radical (unpaired) electrons. The van der Waals surface area contributed by atoms with E-state index in [1.165, 1.54) is 44.9 Å². The van der Waals surface area contributed by atoms with Crippen LogP contribution in [-0.2, 0) is 4.79 Å². The normalized spacial score (nSPS) is 47.2. The standard InChI is InChI=1S/C28H48O2/c1-18(7-12-25(30)26(2,3)4)22-10-11-23-21-9-8-19-17-20(29)13-15-27(19,5)24(21)14-16-28(22,23)6/h18-24,29H,7-17H2,1-6H3/t18-,19-,20-,21+,22-,23+,24+,27+,28-/m1/s1. The number of ketones is 1. The summed E-state index contributed by atoms with van der Waals surface area (Å²) < 4.78 is 0. The third-order valence-corrected chi connectivity index (χ3v) is 11.1. The maximum Gasteiger partial charge on any atom is 0.138 e. The minimum absolute atomic E-state index is 0.0407. The molecule has 0 aromatic carbocycles. The summed E-state index contributed by atoms with van der Waals surface area (Å²) in [7, 11) is 0. The zero-order valence-corrected chi connectivity index (χ0v) is 20.7. The Morgan fingerprint density at radius 3 is 2.33 bits per heavy atom. The number of carbonyl (C=O) groups excluding carboxylic acids is 1. The summed E-state index contributed by atoms with van der Waals surface area (Å²) in [4.78, 5) is 12.5. The van der Waals surface area contributed by atoms with E-state index >= 15 is 0 Å². The molecule has 2 nitrogen and oxygen atoms in total. The SMILES string of the molecule is C[C@H](CCC(=O)C(C)(C)C)[C@H]1CC[C@H]2[C@@H]3CC[C@@H]4C[C@H](O)CC[C@]4(C)[C@H]3CC[C@]12C. The smallest absolute Gasteiger partial charge is 0.138 e. The number of fused-ring (bicyclic) bond motifs is 5. The molecule has 0 unspecified atom stereocenters. The first kappa shape index (κ1) is 22.8. The number of hydrogen-bond acceptors (Lipinski definition) is 2. The van der Waals surface area contributed by atoms with Gasteiger partial charge in [0, 0.05) is 11.8 Å². The van der Waals surface area contributed by atoms with Crippen LogP contribution in [0.4, 0.5) is 0 Å². The van der Waals surface area contributed by atoms with Gasteiger partial charge in [0.05, 0.1) is 6.10 Å². The van der Waals surface area contributed by atoms with Gasteiger partial charge in [-0.2, -0.15) is 0 Å². The maximum absolute atomic E-state index is 12.5. The second kappa shape index (κ2) is 7.89. The molecular weight excluding hydrogens is 368 g/mol. The average Bonchev–Trinajstić information content (AvgIpc) is 3.03. The molecule has 0 saturated heterocycles. The lowest BCUT2D eigenvalue weighted by Gasteiger charge is -2.61. The van der Waals surface area contributed by atoms with Crippen molar-refractivity contribution < 1.29 is 9.90 Å². The minimum Gasteiger partial charge on any atom is -0.393 e. The molecule has 0 heterocycles. The van der Waals surface area contributed by atoms with E-state index < -0.39 is 0 Å². The van der Waals surface area contributed by atoms with Gasteiger partial charge in [-0.05, 0) is 111 Å². The van der Waals surface area contributed by atoms with Crippen molar-refractivity contribution in [3.63, 3.8) is 0 Å². The first-order valence-electron chi connectivity index (χ1n) is 13.2. The van der Waals surface area contributed by atoms with E-state index in [9.17, 15) is 9.90 Å². The van der Waals surface area contributed by atoms with Gasteiger partial charge < -0.3 is 5.11 Å². The third kappa shape index (κ3) is 3.71. The van der Waals surface area contributed by atoms with E-state index in [-0.39, 0.29) is 11.5 Å². The van der Waals surface area contributed by atoms with Crippen LogP contribution in [-0.4, -0.2) is 17.0 Å². The van der Waals surface area contributed by atoms with Crippen LogP contribution in [0.3, 0.4) is 0 Å². The van der Waals surface area contributed by atoms with Crippen molar-refractivity contribution in [2.24, 2.45) is 51.8 Å². The van der Waals surface area contributed by atoms with Gasteiger partial charge in [-0.25, -0.2) is 0 Å². The molecule has 2 heteroatoms. The van der Waals surface area contributed by atoms with Crippen molar-refractivity contribution in [3.8, 4) is 0 Å². The van der Waals surface area contributed by atoms with Gasteiger partial charge in [0.15, 0.2) is 0 Å². The topological polar surface area (TPSA) is 37.3 Å². The van der Waals surface area contributed by atoms with Gasteiger partial charge in [0.25, 0.3) is 0 Å². The van der Waals surface area contributed by atoms with Gasteiger partial charge in [-0.15, -0.1) is 0 Å². The van der Waals surface area contributed by atoms with Gasteiger partial charge in [-0.1, -0.05) is 41.5 Å². The lowest BCUT2D eigenvalue weighted by Crippen LogP contribution is -2.54. The zero-order chi connectivity index (χ0) is 21.9. The summed E-state index contributed by atoms with van der Waals surface area (Å²) in [5, 5.41) is 10.3. The molecule has 4 rings (SSSR count). The number of rotatable bonds is 4. The minimum atomic E-state index is -0.193. The highest BCUT2D eigenvalue weighted by Crippen LogP contribution is 2.68. The lowest BCUT2D eigenvalue weighted by molar-refractivity contribution is -0.130. The van der Waals surface area contributed by atoms with Crippen molar-refractivity contribution in [1.29, 1.82) is 0 Å². The van der Waals surface area contributed by atoms with Crippen molar-refractivity contribution in [2.75, 3.05) is 0 Å². The molecule has 4 aliphatic carbocycles. The fourth-order valence-electron chi connectivity index (χ4n) is 9.15. The third-order valence-electron chi connectivity index (χ3n) is 11.1. The van der Waals surface area contributed by atoms with E-state index in [1.807, 2.05) is 0 Å². The molecule has 4 fully saturated rings. The van der Waals surface area contributed by atoms with Crippen LogP contribution in [0.25, 0.3) is 0 Å². The highest BCUT2D eigenvalue weighted by Gasteiger charge is 2.60. The molecule has 9 atom stereocenters. The number of aliphatic hydroxyl groups is 1. The Morgan fingerprint density at radius 1 is 0.967 bits per heavy atom. The van der Waals surface area contributed by atoms with Crippen LogP contribution in [0.2, 0.25) is 0 Å². The Balaban J connectivity index is 1.45. The average molecular weight is 417 g/mol. The fraction of sp³-hybridized carbons (Fsp3) is 0.964.